The lowest BCUT2D eigenvalue weighted by atomic mass is 10.1. The molecule has 0 heterocycles. The van der Waals surface area contributed by atoms with E-state index >= 15 is 0 Å². The van der Waals surface area contributed by atoms with Crippen LogP contribution >= 0.6 is 7.60 Å². The Bertz CT molecular complexity index is 408. The van der Waals surface area contributed by atoms with Gasteiger partial charge in [-0.05, 0) is 17.7 Å². The van der Waals surface area contributed by atoms with Crippen LogP contribution in [0.2, 0.25) is 0 Å². The SMILES string of the molecule is O=P(O)(O)[C@H](O)c1ccc(C(F)(F)F)cc1. The minimum atomic E-state index is -4.76. The molecular weight excluding hydrogens is 248 g/mol. The van der Waals surface area contributed by atoms with Crippen molar-refractivity contribution in [3.05, 3.63) is 35.4 Å². The second-order valence-corrected chi connectivity index (χ2v) is 4.75. The van der Waals surface area contributed by atoms with Crippen molar-refractivity contribution in [3.8, 4) is 0 Å². The first kappa shape index (κ1) is 13.2. The van der Waals surface area contributed by atoms with Gasteiger partial charge in [-0.1, -0.05) is 12.1 Å². The maximum absolute atomic E-state index is 12.1. The second-order valence-electron chi connectivity index (χ2n) is 3.08. The highest BCUT2D eigenvalue weighted by atomic mass is 31.2. The number of rotatable bonds is 2. The number of hydrogen-bond acceptors (Lipinski definition) is 2. The summed E-state index contributed by atoms with van der Waals surface area (Å²) in [6.07, 6.45) is -4.52. The van der Waals surface area contributed by atoms with Crippen LogP contribution in [0.3, 0.4) is 0 Å². The Labute approximate surface area is 88.5 Å². The van der Waals surface area contributed by atoms with E-state index in [0.717, 1.165) is 12.1 Å². The predicted molar refractivity (Wildman–Crippen MR) is 48.4 cm³/mol. The summed E-state index contributed by atoms with van der Waals surface area (Å²) in [5.41, 5.74) is -1.21. The van der Waals surface area contributed by atoms with Gasteiger partial charge in [0.25, 0.3) is 0 Å². The Morgan fingerprint density at radius 1 is 1.12 bits per heavy atom. The van der Waals surface area contributed by atoms with E-state index in [1.54, 1.807) is 0 Å². The van der Waals surface area contributed by atoms with Crippen molar-refractivity contribution in [1.82, 2.24) is 0 Å². The smallest absolute Gasteiger partial charge is 0.376 e. The lowest BCUT2D eigenvalue weighted by Gasteiger charge is -2.13. The van der Waals surface area contributed by atoms with Crippen LogP contribution in [-0.2, 0) is 10.7 Å². The van der Waals surface area contributed by atoms with Crippen molar-refractivity contribution in [2.75, 3.05) is 0 Å². The van der Waals surface area contributed by atoms with Crippen molar-refractivity contribution in [3.63, 3.8) is 0 Å². The van der Waals surface area contributed by atoms with Gasteiger partial charge in [0.1, 0.15) is 0 Å². The van der Waals surface area contributed by atoms with Gasteiger partial charge in [0.2, 0.25) is 0 Å². The van der Waals surface area contributed by atoms with E-state index in [1.165, 1.54) is 0 Å². The predicted octanol–water partition coefficient (Wildman–Crippen LogP) is 1.87. The molecule has 3 N–H and O–H groups in total. The Balaban J connectivity index is 3.01. The van der Waals surface area contributed by atoms with Gasteiger partial charge in [0.05, 0.1) is 5.56 Å². The third-order valence-corrected chi connectivity index (χ3v) is 2.79. The Hall–Kier alpha value is -0.880. The average molecular weight is 256 g/mol. The molecule has 1 rings (SSSR count). The van der Waals surface area contributed by atoms with Crippen LogP contribution in [0.15, 0.2) is 24.3 Å². The van der Waals surface area contributed by atoms with E-state index in [2.05, 4.69) is 0 Å². The fourth-order valence-electron chi connectivity index (χ4n) is 1.04. The zero-order valence-corrected chi connectivity index (χ0v) is 8.61. The number of aliphatic hydroxyl groups is 1. The molecule has 1 atom stereocenters. The number of benzene rings is 1. The molecule has 1 aromatic rings. The molecule has 0 spiro atoms. The molecule has 0 radical (unpaired) electrons. The fraction of sp³-hybridized carbons (Fsp3) is 0.250. The average Bonchev–Trinajstić information content (AvgIpc) is 2.14. The van der Waals surface area contributed by atoms with Crippen LogP contribution in [0.25, 0.3) is 0 Å². The molecule has 90 valence electrons. The Morgan fingerprint density at radius 3 is 1.88 bits per heavy atom. The summed E-state index contributed by atoms with van der Waals surface area (Å²) >= 11 is 0. The van der Waals surface area contributed by atoms with E-state index in [4.69, 9.17) is 14.9 Å². The molecular formula is C8H8F3O4P. The minimum Gasteiger partial charge on any atom is -0.376 e. The van der Waals surface area contributed by atoms with Crippen molar-refractivity contribution in [1.29, 1.82) is 0 Å². The first-order chi connectivity index (χ1) is 7.12. The molecule has 0 fully saturated rings. The molecule has 0 aliphatic rings. The normalized spacial score (nSPS) is 14.9. The zero-order valence-electron chi connectivity index (χ0n) is 7.72. The van der Waals surface area contributed by atoms with Gasteiger partial charge in [-0.2, -0.15) is 13.2 Å². The molecule has 4 nitrogen and oxygen atoms in total. The lowest BCUT2D eigenvalue weighted by molar-refractivity contribution is -0.137. The Kier molecular flexibility index (Phi) is 3.44. The van der Waals surface area contributed by atoms with Crippen LogP contribution in [0.1, 0.15) is 17.0 Å². The van der Waals surface area contributed by atoms with Crippen LogP contribution in [-0.4, -0.2) is 14.9 Å². The topological polar surface area (TPSA) is 77.8 Å². The van der Waals surface area contributed by atoms with Crippen LogP contribution in [0.5, 0.6) is 0 Å². The van der Waals surface area contributed by atoms with E-state index < -0.39 is 25.2 Å². The van der Waals surface area contributed by atoms with Gasteiger partial charge >= 0.3 is 13.8 Å². The molecule has 8 heteroatoms. The standard InChI is InChI=1S/C8H8F3O4P/c9-8(10,11)6-3-1-5(2-4-6)7(12)16(13,14)15/h1-4,7,12H,(H2,13,14,15)/t7-/m0/s1. The number of aliphatic hydroxyl groups excluding tert-OH is 1. The summed E-state index contributed by atoms with van der Waals surface area (Å²) in [6, 6.07) is 2.95. The summed E-state index contributed by atoms with van der Waals surface area (Å²) in [5.74, 6) is -2.10. The molecule has 0 unspecified atom stereocenters. The van der Waals surface area contributed by atoms with Crippen LogP contribution < -0.4 is 0 Å². The van der Waals surface area contributed by atoms with E-state index in [9.17, 15) is 17.7 Å². The van der Waals surface area contributed by atoms with E-state index in [-0.39, 0.29) is 5.56 Å². The maximum atomic E-state index is 12.1. The number of halogens is 3. The van der Waals surface area contributed by atoms with Gasteiger partial charge in [-0.3, -0.25) is 4.57 Å². The third kappa shape index (κ3) is 3.05. The van der Waals surface area contributed by atoms with Gasteiger partial charge in [0.15, 0.2) is 5.85 Å². The molecule has 0 bridgehead atoms. The molecule has 16 heavy (non-hydrogen) atoms. The summed E-state index contributed by atoms with van der Waals surface area (Å²) in [7, 11) is -4.76. The summed E-state index contributed by atoms with van der Waals surface area (Å²) in [5, 5.41) is 9.11. The molecule has 0 aliphatic heterocycles. The summed E-state index contributed by atoms with van der Waals surface area (Å²) in [6.45, 7) is 0. The quantitative estimate of drug-likeness (QED) is 0.706. The molecule has 0 aromatic heterocycles. The minimum absolute atomic E-state index is 0.263. The maximum Gasteiger partial charge on any atom is 0.416 e. The van der Waals surface area contributed by atoms with Crippen molar-refractivity contribution in [2.45, 2.75) is 12.0 Å². The van der Waals surface area contributed by atoms with Gasteiger partial charge in [-0.15, -0.1) is 0 Å². The highest BCUT2D eigenvalue weighted by Crippen LogP contribution is 2.49. The number of alkyl halides is 3. The van der Waals surface area contributed by atoms with E-state index in [1.807, 2.05) is 0 Å². The Morgan fingerprint density at radius 2 is 1.56 bits per heavy atom. The largest absolute Gasteiger partial charge is 0.416 e. The first-order valence-corrected chi connectivity index (χ1v) is 5.71. The van der Waals surface area contributed by atoms with Crippen molar-refractivity contribution in [2.24, 2.45) is 0 Å². The van der Waals surface area contributed by atoms with Gasteiger partial charge in [0, 0.05) is 0 Å². The summed E-state index contributed by atoms with van der Waals surface area (Å²) < 4.78 is 47.1. The first-order valence-electron chi connectivity index (χ1n) is 4.03. The molecule has 1 aromatic carbocycles. The van der Waals surface area contributed by atoms with Crippen molar-refractivity contribution >= 4 is 7.60 Å². The van der Waals surface area contributed by atoms with E-state index in [0.29, 0.717) is 12.1 Å². The highest BCUT2D eigenvalue weighted by Gasteiger charge is 2.32. The monoisotopic (exact) mass is 256 g/mol. The van der Waals surface area contributed by atoms with Gasteiger partial charge < -0.3 is 14.9 Å². The second kappa shape index (κ2) is 4.18. The molecule has 0 saturated heterocycles. The summed E-state index contributed by atoms with van der Waals surface area (Å²) in [4.78, 5) is 17.2. The number of hydrogen-bond donors (Lipinski definition) is 3. The van der Waals surface area contributed by atoms with Crippen LogP contribution in [0, 0.1) is 0 Å². The van der Waals surface area contributed by atoms with Gasteiger partial charge in [-0.25, -0.2) is 0 Å². The fourth-order valence-corrected chi connectivity index (χ4v) is 1.60. The van der Waals surface area contributed by atoms with Crippen molar-refractivity contribution < 1.29 is 32.6 Å². The zero-order chi connectivity index (χ0) is 12.6. The molecule has 0 aliphatic carbocycles. The van der Waals surface area contributed by atoms with Crippen LogP contribution in [0.4, 0.5) is 13.2 Å². The third-order valence-electron chi connectivity index (χ3n) is 1.85. The molecule has 0 saturated carbocycles. The highest BCUT2D eigenvalue weighted by molar-refractivity contribution is 7.51. The lowest BCUT2D eigenvalue weighted by Crippen LogP contribution is -2.05. The molecule has 0 amide bonds.